The van der Waals surface area contributed by atoms with E-state index in [-0.39, 0.29) is 5.91 Å². The van der Waals surface area contributed by atoms with Crippen molar-refractivity contribution in [2.24, 2.45) is 0 Å². The van der Waals surface area contributed by atoms with Gasteiger partial charge in [-0.1, -0.05) is 63.6 Å². The number of rotatable bonds is 1. The van der Waals surface area contributed by atoms with E-state index in [9.17, 15) is 4.79 Å². The van der Waals surface area contributed by atoms with Crippen LogP contribution in [0.15, 0.2) is 82.2 Å². The number of carbonyl (C=O) groups is 1. The van der Waals surface area contributed by atoms with Crippen LogP contribution in [0.3, 0.4) is 0 Å². The fourth-order valence-electron chi connectivity index (χ4n) is 3.55. The van der Waals surface area contributed by atoms with Gasteiger partial charge in [-0.25, -0.2) is 0 Å². The zero-order valence-electron chi connectivity index (χ0n) is 14.5. The monoisotopic (exact) mass is 468 g/mol. The molecule has 2 aliphatic rings. The van der Waals surface area contributed by atoms with Crippen molar-refractivity contribution in [3.05, 3.63) is 93.4 Å². The van der Waals surface area contributed by atoms with Gasteiger partial charge in [0.1, 0.15) is 4.75 Å². The summed E-state index contributed by atoms with van der Waals surface area (Å²) in [5.41, 5.74) is 4.54. The Morgan fingerprint density at radius 1 is 0.929 bits per heavy atom. The van der Waals surface area contributed by atoms with Gasteiger partial charge in [-0.05, 0) is 54.1 Å². The molecule has 3 aromatic carbocycles. The standard InChI is InChI=1S/C22H14BrClN2OS/c23-14-7-5-13(6-8-14)19-12-22(28-20-4-2-1-3-18(20)25-19)16-11-15(24)9-10-17(16)26-21(22)27/h1-12,25H,(H,26,27)/t22-/m0/s1. The first kappa shape index (κ1) is 17.9. The maximum Gasteiger partial charge on any atom is 0.249 e. The van der Waals surface area contributed by atoms with Crippen LogP contribution in [0.5, 0.6) is 0 Å². The maximum absolute atomic E-state index is 13.3. The second-order valence-corrected chi connectivity index (χ2v) is 9.31. The topological polar surface area (TPSA) is 41.1 Å². The molecule has 0 aromatic heterocycles. The van der Waals surface area contributed by atoms with Crippen LogP contribution in [0.1, 0.15) is 11.1 Å². The maximum atomic E-state index is 13.3. The Hall–Kier alpha value is -2.21. The highest BCUT2D eigenvalue weighted by Crippen LogP contribution is 2.54. The van der Waals surface area contributed by atoms with Crippen LogP contribution in [0.2, 0.25) is 5.02 Å². The quantitative estimate of drug-likeness (QED) is 0.427. The largest absolute Gasteiger partial charge is 0.354 e. The number of benzene rings is 3. The average Bonchev–Trinajstić information content (AvgIpc) is 2.85. The third-order valence-corrected chi connectivity index (χ3v) is 7.08. The molecule has 0 aliphatic carbocycles. The number of fused-ring (bicyclic) bond motifs is 3. The first-order chi connectivity index (χ1) is 13.5. The Labute approximate surface area is 180 Å². The van der Waals surface area contributed by atoms with E-state index in [4.69, 9.17) is 11.6 Å². The van der Waals surface area contributed by atoms with E-state index in [1.165, 1.54) is 11.8 Å². The average molecular weight is 470 g/mol. The van der Waals surface area contributed by atoms with Crippen LogP contribution in [0.25, 0.3) is 5.70 Å². The SMILES string of the molecule is O=C1Nc2ccc(Cl)cc2[C@@]12C=C(c1ccc(Br)cc1)Nc1ccccc1S2. The Bertz CT molecular complexity index is 1150. The zero-order chi connectivity index (χ0) is 19.3. The number of hydrogen-bond acceptors (Lipinski definition) is 3. The van der Waals surface area contributed by atoms with E-state index in [0.29, 0.717) is 5.02 Å². The molecule has 0 unspecified atom stereocenters. The lowest BCUT2D eigenvalue weighted by atomic mass is 9.96. The number of carbonyl (C=O) groups excluding carboxylic acids is 1. The Morgan fingerprint density at radius 2 is 1.71 bits per heavy atom. The van der Waals surface area contributed by atoms with Crippen molar-refractivity contribution in [1.82, 2.24) is 0 Å². The molecule has 1 spiro atoms. The molecular weight excluding hydrogens is 456 g/mol. The van der Waals surface area contributed by atoms with E-state index in [0.717, 1.165) is 37.6 Å². The van der Waals surface area contributed by atoms with Gasteiger partial charge in [0.25, 0.3) is 0 Å². The highest BCUT2D eigenvalue weighted by atomic mass is 79.9. The van der Waals surface area contributed by atoms with Crippen molar-refractivity contribution in [3.63, 3.8) is 0 Å². The lowest BCUT2D eigenvalue weighted by Gasteiger charge is -2.23. The summed E-state index contributed by atoms with van der Waals surface area (Å²) in [7, 11) is 0. The first-order valence-electron chi connectivity index (χ1n) is 8.70. The normalized spacial score (nSPS) is 19.9. The van der Waals surface area contributed by atoms with Gasteiger partial charge in [0.2, 0.25) is 5.91 Å². The minimum absolute atomic E-state index is 0.0668. The van der Waals surface area contributed by atoms with Crippen LogP contribution >= 0.6 is 39.3 Å². The summed E-state index contributed by atoms with van der Waals surface area (Å²) >= 11 is 11.3. The van der Waals surface area contributed by atoms with Gasteiger partial charge in [-0.3, -0.25) is 4.79 Å². The number of para-hydroxylation sites is 1. The lowest BCUT2D eigenvalue weighted by molar-refractivity contribution is -0.116. The Kier molecular flexibility index (Phi) is 4.27. The molecule has 2 heterocycles. The molecule has 0 saturated carbocycles. The first-order valence-corrected chi connectivity index (χ1v) is 10.7. The van der Waals surface area contributed by atoms with E-state index >= 15 is 0 Å². The number of halogens is 2. The molecule has 6 heteroatoms. The molecule has 138 valence electrons. The molecule has 0 radical (unpaired) electrons. The third kappa shape index (κ3) is 2.85. The third-order valence-electron chi connectivity index (χ3n) is 4.90. The second kappa shape index (κ2) is 6.69. The number of anilines is 2. The van der Waals surface area contributed by atoms with E-state index < -0.39 is 4.75 Å². The number of hydrogen-bond donors (Lipinski definition) is 2. The molecule has 5 rings (SSSR count). The molecule has 1 amide bonds. The van der Waals surface area contributed by atoms with Gasteiger partial charge < -0.3 is 10.6 Å². The van der Waals surface area contributed by atoms with Crippen molar-refractivity contribution in [3.8, 4) is 0 Å². The number of amides is 1. The van der Waals surface area contributed by atoms with Crippen LogP contribution in [-0.4, -0.2) is 5.91 Å². The molecule has 2 N–H and O–H groups in total. The molecule has 1 atom stereocenters. The summed E-state index contributed by atoms with van der Waals surface area (Å²) < 4.78 is 0.105. The molecule has 3 nitrogen and oxygen atoms in total. The van der Waals surface area contributed by atoms with Gasteiger partial charge in [0.15, 0.2) is 0 Å². The smallest absolute Gasteiger partial charge is 0.249 e. The van der Waals surface area contributed by atoms with E-state index in [1.807, 2.05) is 66.7 Å². The zero-order valence-corrected chi connectivity index (χ0v) is 17.7. The summed E-state index contributed by atoms with van der Waals surface area (Å²) in [6.45, 7) is 0. The number of thioether (sulfide) groups is 1. The van der Waals surface area contributed by atoms with Gasteiger partial charge in [-0.2, -0.15) is 0 Å². The van der Waals surface area contributed by atoms with Crippen molar-refractivity contribution in [2.45, 2.75) is 9.64 Å². The number of nitrogens with one attached hydrogen (secondary N) is 2. The van der Waals surface area contributed by atoms with Crippen molar-refractivity contribution < 1.29 is 4.79 Å². The Balaban J connectivity index is 1.77. The van der Waals surface area contributed by atoms with Gasteiger partial charge in [0, 0.05) is 31.3 Å². The van der Waals surface area contributed by atoms with Crippen LogP contribution in [0.4, 0.5) is 11.4 Å². The lowest BCUT2D eigenvalue weighted by Crippen LogP contribution is -2.29. The molecule has 0 saturated heterocycles. The molecule has 28 heavy (non-hydrogen) atoms. The van der Waals surface area contributed by atoms with Crippen molar-refractivity contribution >= 4 is 62.3 Å². The predicted molar refractivity (Wildman–Crippen MR) is 120 cm³/mol. The molecule has 0 bridgehead atoms. The minimum Gasteiger partial charge on any atom is -0.354 e. The molecular formula is C22H14BrClN2OS. The highest BCUT2D eigenvalue weighted by Gasteiger charge is 2.48. The summed E-state index contributed by atoms with van der Waals surface area (Å²) in [4.78, 5) is 14.3. The summed E-state index contributed by atoms with van der Waals surface area (Å²) in [5.74, 6) is -0.0668. The minimum atomic E-state index is -0.901. The predicted octanol–water partition coefficient (Wildman–Crippen LogP) is 6.51. The molecule has 3 aromatic rings. The van der Waals surface area contributed by atoms with Crippen molar-refractivity contribution in [2.75, 3.05) is 10.6 Å². The summed E-state index contributed by atoms with van der Waals surface area (Å²) in [5, 5.41) is 7.16. The fourth-order valence-corrected chi connectivity index (χ4v) is 5.30. The van der Waals surface area contributed by atoms with Gasteiger partial charge in [0.05, 0.1) is 5.69 Å². The summed E-state index contributed by atoms with van der Waals surface area (Å²) in [6.07, 6.45) is 2.01. The summed E-state index contributed by atoms with van der Waals surface area (Å²) in [6, 6.07) is 21.6. The van der Waals surface area contributed by atoms with E-state index in [2.05, 4.69) is 26.6 Å². The highest BCUT2D eigenvalue weighted by molar-refractivity contribution is 9.10. The molecule has 0 fully saturated rings. The fraction of sp³-hybridized carbons (Fsp3) is 0.0455. The molecule has 2 aliphatic heterocycles. The van der Waals surface area contributed by atoms with Crippen LogP contribution < -0.4 is 10.6 Å². The Morgan fingerprint density at radius 3 is 2.54 bits per heavy atom. The van der Waals surface area contributed by atoms with Crippen molar-refractivity contribution in [1.29, 1.82) is 0 Å². The second-order valence-electron chi connectivity index (χ2n) is 6.67. The van der Waals surface area contributed by atoms with Gasteiger partial charge in [-0.15, -0.1) is 0 Å². The van der Waals surface area contributed by atoms with Crippen LogP contribution in [0, 0.1) is 0 Å². The van der Waals surface area contributed by atoms with Crippen LogP contribution in [-0.2, 0) is 9.54 Å². The van der Waals surface area contributed by atoms with E-state index in [1.54, 1.807) is 6.07 Å². The van der Waals surface area contributed by atoms with Gasteiger partial charge >= 0.3 is 0 Å².